The van der Waals surface area contributed by atoms with Crippen molar-refractivity contribution in [3.8, 4) is 17.4 Å². The smallest absolute Gasteiger partial charge is 0.350 e. The Balaban J connectivity index is 0.000000983. The van der Waals surface area contributed by atoms with Crippen LogP contribution in [0.3, 0.4) is 0 Å². The minimum Gasteiger partial charge on any atom is -0.493 e. The van der Waals surface area contributed by atoms with Gasteiger partial charge >= 0.3 is 5.69 Å². The average molecular weight is 538 g/mol. The SMILES string of the molecule is CC(=O)O.CN=C(N)c1ccc(CC(c2nn(-c3ncccn3)c(=O)[nH]2)c2cc(OC)c(OC)cc2F)cc1. The van der Waals surface area contributed by atoms with Crippen LogP contribution in [0.25, 0.3) is 5.95 Å². The molecule has 0 saturated carbocycles. The molecule has 1 atom stereocenters. The number of aromatic amines is 1. The number of ether oxygens (including phenoxy) is 2. The summed E-state index contributed by atoms with van der Waals surface area (Å²) in [4.78, 5) is 36.6. The first-order valence-corrected chi connectivity index (χ1v) is 11.6. The van der Waals surface area contributed by atoms with E-state index in [1.165, 1.54) is 32.7 Å². The van der Waals surface area contributed by atoms with Crippen molar-refractivity contribution >= 4 is 11.8 Å². The molecular formula is C26H28FN7O5. The highest BCUT2D eigenvalue weighted by atomic mass is 19.1. The predicted molar refractivity (Wildman–Crippen MR) is 141 cm³/mol. The molecule has 4 N–H and O–H groups in total. The highest BCUT2D eigenvalue weighted by molar-refractivity contribution is 5.97. The minimum atomic E-state index is -0.833. The first-order valence-electron chi connectivity index (χ1n) is 11.6. The summed E-state index contributed by atoms with van der Waals surface area (Å²) in [5.74, 6) is -0.678. The van der Waals surface area contributed by atoms with E-state index in [1.54, 1.807) is 19.2 Å². The van der Waals surface area contributed by atoms with Gasteiger partial charge in [0.1, 0.15) is 17.5 Å². The number of hydrogen-bond donors (Lipinski definition) is 3. The molecule has 13 heteroatoms. The van der Waals surface area contributed by atoms with Crippen LogP contribution in [0.5, 0.6) is 11.5 Å². The number of amidine groups is 1. The molecule has 4 rings (SSSR count). The van der Waals surface area contributed by atoms with Crippen molar-refractivity contribution in [2.75, 3.05) is 21.3 Å². The third kappa shape index (κ3) is 7.03. The van der Waals surface area contributed by atoms with E-state index in [9.17, 15) is 4.79 Å². The molecule has 1 unspecified atom stereocenters. The predicted octanol–water partition coefficient (Wildman–Crippen LogP) is 2.31. The van der Waals surface area contributed by atoms with E-state index in [-0.39, 0.29) is 23.1 Å². The second-order valence-electron chi connectivity index (χ2n) is 8.09. The third-order valence-corrected chi connectivity index (χ3v) is 5.52. The number of carboxylic acids is 1. The number of aromatic nitrogens is 5. The van der Waals surface area contributed by atoms with Crippen molar-refractivity contribution in [3.63, 3.8) is 0 Å². The van der Waals surface area contributed by atoms with Crippen molar-refractivity contribution in [3.05, 3.63) is 93.7 Å². The van der Waals surface area contributed by atoms with Gasteiger partial charge in [-0.15, -0.1) is 9.78 Å². The van der Waals surface area contributed by atoms with E-state index in [2.05, 4.69) is 25.0 Å². The van der Waals surface area contributed by atoms with Crippen LogP contribution in [-0.2, 0) is 11.2 Å². The summed E-state index contributed by atoms with van der Waals surface area (Å²) in [6.45, 7) is 1.08. The van der Waals surface area contributed by atoms with E-state index in [1.807, 2.05) is 24.3 Å². The van der Waals surface area contributed by atoms with E-state index < -0.39 is 23.4 Å². The van der Waals surface area contributed by atoms with Crippen molar-refractivity contribution in [1.29, 1.82) is 0 Å². The maximum atomic E-state index is 15.3. The number of aliphatic carboxylic acids is 1. The monoisotopic (exact) mass is 537 g/mol. The molecule has 0 spiro atoms. The Labute approximate surface area is 223 Å². The van der Waals surface area contributed by atoms with Crippen LogP contribution in [0.4, 0.5) is 4.39 Å². The summed E-state index contributed by atoms with van der Waals surface area (Å²) in [6, 6.07) is 11.8. The molecule has 4 aromatic rings. The van der Waals surface area contributed by atoms with Gasteiger partial charge < -0.3 is 20.3 Å². The summed E-state index contributed by atoms with van der Waals surface area (Å²) >= 11 is 0. The second-order valence-corrected chi connectivity index (χ2v) is 8.09. The molecule has 0 aliphatic rings. The molecule has 12 nitrogen and oxygen atoms in total. The number of hydrogen-bond acceptors (Lipinski definition) is 8. The van der Waals surface area contributed by atoms with Gasteiger partial charge in [0.2, 0.25) is 0 Å². The molecule has 0 radical (unpaired) electrons. The van der Waals surface area contributed by atoms with E-state index in [0.29, 0.717) is 18.0 Å². The third-order valence-electron chi connectivity index (χ3n) is 5.52. The van der Waals surface area contributed by atoms with Crippen LogP contribution in [0, 0.1) is 5.82 Å². The molecule has 0 aliphatic carbocycles. The number of carboxylic acid groups (broad SMARTS) is 1. The fourth-order valence-corrected chi connectivity index (χ4v) is 3.70. The molecule has 0 fully saturated rings. The second kappa shape index (κ2) is 12.9. The lowest BCUT2D eigenvalue weighted by molar-refractivity contribution is -0.134. The van der Waals surface area contributed by atoms with Crippen molar-refractivity contribution in [1.82, 2.24) is 24.7 Å². The Kier molecular flexibility index (Phi) is 9.46. The molecule has 204 valence electrons. The molecule has 0 aliphatic heterocycles. The lowest BCUT2D eigenvalue weighted by atomic mass is 9.90. The lowest BCUT2D eigenvalue weighted by Gasteiger charge is -2.18. The number of carbonyl (C=O) groups is 1. The summed E-state index contributed by atoms with van der Waals surface area (Å²) in [5.41, 5.74) is 7.26. The van der Waals surface area contributed by atoms with Crippen LogP contribution < -0.4 is 20.9 Å². The number of aliphatic imine (C=N–C) groups is 1. The zero-order valence-electron chi connectivity index (χ0n) is 21.8. The molecule has 39 heavy (non-hydrogen) atoms. The van der Waals surface area contributed by atoms with Crippen LogP contribution in [0.1, 0.15) is 35.4 Å². The standard InChI is InChI=1S/C24H24FN7O3.C2H4O2/c1-27-21(26)15-7-5-14(6-8-15)11-17(16-12-19(34-2)20(35-3)13-18(16)25)22-30-24(33)32(31-22)23-28-9-4-10-29-23;1-2(3)4/h4-10,12-13,17H,11H2,1-3H3,(H2,26,27)(H,30,31,33);1H3,(H,3,4). The van der Waals surface area contributed by atoms with Gasteiger partial charge in [-0.1, -0.05) is 24.3 Å². The molecular weight excluding hydrogens is 509 g/mol. The number of nitrogens with zero attached hydrogens (tertiary/aromatic N) is 5. The Morgan fingerprint density at radius 3 is 2.31 bits per heavy atom. The molecule has 0 bridgehead atoms. The van der Waals surface area contributed by atoms with E-state index >= 15 is 4.39 Å². The minimum absolute atomic E-state index is 0.102. The Morgan fingerprint density at radius 1 is 1.15 bits per heavy atom. The molecule has 2 aromatic heterocycles. The van der Waals surface area contributed by atoms with E-state index in [4.69, 9.17) is 25.1 Å². The number of halogens is 1. The molecule has 0 saturated heterocycles. The summed E-state index contributed by atoms with van der Waals surface area (Å²) < 4.78 is 27.0. The summed E-state index contributed by atoms with van der Waals surface area (Å²) in [7, 11) is 4.51. The van der Waals surface area contributed by atoms with Crippen molar-refractivity contribution < 1.29 is 23.8 Å². The van der Waals surface area contributed by atoms with Crippen LogP contribution in [-0.4, -0.2) is 62.9 Å². The molecule has 2 heterocycles. The average Bonchev–Trinajstić information content (AvgIpc) is 3.33. The lowest BCUT2D eigenvalue weighted by Crippen LogP contribution is -2.18. The number of nitrogens with two attached hydrogens (primary N) is 1. The highest BCUT2D eigenvalue weighted by Crippen LogP contribution is 2.36. The number of rotatable bonds is 8. The fraction of sp³-hybridized carbons (Fsp3) is 0.231. The van der Waals surface area contributed by atoms with E-state index in [0.717, 1.165) is 22.7 Å². The largest absolute Gasteiger partial charge is 0.493 e. The fourth-order valence-electron chi connectivity index (χ4n) is 3.70. The number of H-pyrrole nitrogens is 1. The zero-order valence-corrected chi connectivity index (χ0v) is 21.8. The zero-order chi connectivity index (χ0) is 28.5. The maximum absolute atomic E-state index is 15.3. The maximum Gasteiger partial charge on any atom is 0.350 e. The summed E-state index contributed by atoms with van der Waals surface area (Å²) in [5, 5.41) is 11.8. The van der Waals surface area contributed by atoms with Gasteiger partial charge in [0.25, 0.3) is 11.9 Å². The van der Waals surface area contributed by atoms with Crippen LogP contribution >= 0.6 is 0 Å². The number of benzene rings is 2. The van der Waals surface area contributed by atoms with Crippen molar-refractivity contribution in [2.45, 2.75) is 19.3 Å². The van der Waals surface area contributed by atoms with Gasteiger partial charge in [-0.2, -0.15) is 0 Å². The van der Waals surface area contributed by atoms with Gasteiger partial charge in [-0.25, -0.2) is 19.2 Å². The number of nitrogens with one attached hydrogen (secondary N) is 1. The Hall–Kier alpha value is -5.07. The van der Waals surface area contributed by atoms with Gasteiger partial charge in [-0.3, -0.25) is 14.8 Å². The summed E-state index contributed by atoms with van der Waals surface area (Å²) in [6.07, 6.45) is 3.32. The van der Waals surface area contributed by atoms with Crippen LogP contribution in [0.2, 0.25) is 0 Å². The quantitative estimate of drug-likeness (QED) is 0.225. The van der Waals surface area contributed by atoms with Crippen LogP contribution in [0.15, 0.2) is 64.6 Å². The first kappa shape index (κ1) is 28.5. The topological polar surface area (TPSA) is 171 Å². The number of methoxy groups -OCH3 is 2. The molecule has 0 amide bonds. The normalized spacial score (nSPS) is 11.8. The highest BCUT2D eigenvalue weighted by Gasteiger charge is 2.26. The Morgan fingerprint density at radius 2 is 1.74 bits per heavy atom. The van der Waals surface area contributed by atoms with Crippen molar-refractivity contribution in [2.24, 2.45) is 10.7 Å². The Bertz CT molecular complexity index is 1500. The first-order chi connectivity index (χ1) is 18.7. The molecule has 2 aromatic carbocycles. The van der Waals surface area contributed by atoms with Gasteiger partial charge in [0.05, 0.1) is 20.1 Å². The van der Waals surface area contributed by atoms with Gasteiger partial charge in [0.15, 0.2) is 11.5 Å². The van der Waals surface area contributed by atoms with Gasteiger partial charge in [-0.05, 0) is 24.1 Å². The van der Waals surface area contributed by atoms with Gasteiger partial charge in [0, 0.05) is 43.6 Å².